The van der Waals surface area contributed by atoms with Gasteiger partial charge in [-0.05, 0) is 53.8 Å². The third-order valence-corrected chi connectivity index (χ3v) is 5.40. The molecule has 1 N–H and O–H groups in total. The van der Waals surface area contributed by atoms with Crippen molar-refractivity contribution in [3.05, 3.63) is 89.7 Å². The topological polar surface area (TPSA) is 71.3 Å². The number of anilines is 1. The van der Waals surface area contributed by atoms with Crippen LogP contribution < -0.4 is 10.1 Å². The van der Waals surface area contributed by atoms with Crippen LogP contribution in [-0.4, -0.2) is 12.0 Å². The van der Waals surface area contributed by atoms with Gasteiger partial charge in [0.15, 0.2) is 11.6 Å². The Hall–Kier alpha value is -3.85. The maximum Gasteiger partial charge on any atom is 0.330 e. The highest BCUT2D eigenvalue weighted by atomic mass is 19.1. The van der Waals surface area contributed by atoms with Gasteiger partial charge in [0, 0.05) is 11.3 Å². The summed E-state index contributed by atoms with van der Waals surface area (Å²) >= 11 is 0. The highest BCUT2D eigenvalue weighted by Gasteiger charge is 2.28. The molecule has 3 aromatic carbocycles. The molecule has 176 valence electrons. The molecule has 0 amide bonds. The first-order valence-corrected chi connectivity index (χ1v) is 11.3. The van der Waals surface area contributed by atoms with Crippen LogP contribution in [0.15, 0.2) is 72.8 Å². The number of benzene rings is 3. The number of ether oxygens (including phenoxy) is 2. The quantitative estimate of drug-likeness (QED) is 0.349. The summed E-state index contributed by atoms with van der Waals surface area (Å²) in [5.41, 5.74) is 2.31. The van der Waals surface area contributed by atoms with E-state index in [1.54, 1.807) is 24.3 Å². The van der Waals surface area contributed by atoms with Gasteiger partial charge in [0.1, 0.15) is 17.9 Å². The standard InChI is InChI=1S/C28H29FN2O3/c1-18(2)20-10-13-22(14-11-20)31-27(19(3)4)28(32)34-26(17-30)21-12-15-24(29)25(16-21)33-23-8-6-5-7-9-23/h5-16,18-19,26-27,31H,1-4H3. The van der Waals surface area contributed by atoms with E-state index < -0.39 is 23.9 Å². The largest absolute Gasteiger partial charge is 0.454 e. The average Bonchev–Trinajstić information content (AvgIpc) is 2.83. The van der Waals surface area contributed by atoms with E-state index in [1.165, 1.54) is 23.8 Å². The Morgan fingerprint density at radius 3 is 2.18 bits per heavy atom. The summed E-state index contributed by atoms with van der Waals surface area (Å²) < 4.78 is 25.5. The van der Waals surface area contributed by atoms with Crippen molar-refractivity contribution in [3.8, 4) is 17.6 Å². The van der Waals surface area contributed by atoms with Crippen LogP contribution in [0.1, 0.15) is 50.8 Å². The number of rotatable bonds is 9. The monoisotopic (exact) mass is 460 g/mol. The molecule has 0 radical (unpaired) electrons. The number of hydrogen-bond acceptors (Lipinski definition) is 5. The van der Waals surface area contributed by atoms with Crippen LogP contribution in [0, 0.1) is 23.1 Å². The van der Waals surface area contributed by atoms with Gasteiger partial charge in [-0.15, -0.1) is 0 Å². The number of hydrogen-bond donors (Lipinski definition) is 1. The Labute approximate surface area is 200 Å². The molecule has 0 fully saturated rings. The predicted molar refractivity (Wildman–Crippen MR) is 130 cm³/mol. The fourth-order valence-corrected chi connectivity index (χ4v) is 3.38. The van der Waals surface area contributed by atoms with Crippen molar-refractivity contribution >= 4 is 11.7 Å². The van der Waals surface area contributed by atoms with E-state index in [2.05, 4.69) is 19.2 Å². The second-order valence-electron chi connectivity index (χ2n) is 8.69. The molecule has 0 aliphatic heterocycles. The minimum atomic E-state index is -1.21. The number of para-hydroxylation sites is 1. The van der Waals surface area contributed by atoms with Crippen molar-refractivity contribution in [2.45, 2.75) is 45.8 Å². The van der Waals surface area contributed by atoms with Crippen LogP contribution >= 0.6 is 0 Å². The molecule has 34 heavy (non-hydrogen) atoms. The SMILES string of the molecule is CC(C)c1ccc(NC(C(=O)OC(C#N)c2ccc(F)c(Oc3ccccc3)c2)C(C)C)cc1. The number of carbonyl (C=O) groups is 1. The molecule has 3 aromatic rings. The predicted octanol–water partition coefficient (Wildman–Crippen LogP) is 6.99. The Balaban J connectivity index is 1.75. The van der Waals surface area contributed by atoms with Crippen molar-refractivity contribution in [1.82, 2.24) is 0 Å². The molecule has 0 saturated carbocycles. The summed E-state index contributed by atoms with van der Waals surface area (Å²) in [5.74, 6) is -0.434. The van der Waals surface area contributed by atoms with E-state index in [0.29, 0.717) is 17.2 Å². The lowest BCUT2D eigenvalue weighted by molar-refractivity contribution is -0.148. The van der Waals surface area contributed by atoms with Crippen LogP contribution in [0.3, 0.4) is 0 Å². The van der Waals surface area contributed by atoms with Gasteiger partial charge in [-0.1, -0.05) is 64.1 Å². The van der Waals surface area contributed by atoms with Gasteiger partial charge < -0.3 is 14.8 Å². The third kappa shape index (κ3) is 6.35. The van der Waals surface area contributed by atoms with Crippen molar-refractivity contribution < 1.29 is 18.7 Å². The lowest BCUT2D eigenvalue weighted by atomic mass is 10.0. The van der Waals surface area contributed by atoms with Gasteiger partial charge >= 0.3 is 5.97 Å². The lowest BCUT2D eigenvalue weighted by Crippen LogP contribution is -2.36. The molecule has 0 heterocycles. The zero-order valence-corrected chi connectivity index (χ0v) is 19.8. The van der Waals surface area contributed by atoms with Crippen molar-refractivity contribution in [2.24, 2.45) is 5.92 Å². The lowest BCUT2D eigenvalue weighted by Gasteiger charge is -2.24. The number of nitriles is 1. The van der Waals surface area contributed by atoms with Gasteiger partial charge in [-0.2, -0.15) is 5.26 Å². The molecule has 2 atom stereocenters. The number of carbonyl (C=O) groups excluding carboxylic acids is 1. The summed E-state index contributed by atoms with van der Waals surface area (Å²) in [6.07, 6.45) is -1.21. The van der Waals surface area contributed by atoms with Gasteiger partial charge in [0.05, 0.1) is 0 Å². The minimum absolute atomic E-state index is 0.0521. The van der Waals surface area contributed by atoms with E-state index in [-0.39, 0.29) is 11.7 Å². The van der Waals surface area contributed by atoms with Gasteiger partial charge in [0.25, 0.3) is 0 Å². The Morgan fingerprint density at radius 2 is 1.59 bits per heavy atom. The highest BCUT2D eigenvalue weighted by Crippen LogP contribution is 2.29. The first kappa shape index (κ1) is 24.8. The molecule has 0 aliphatic rings. The minimum Gasteiger partial charge on any atom is -0.454 e. The summed E-state index contributed by atoms with van der Waals surface area (Å²) in [5, 5.41) is 12.9. The molecular formula is C28H29FN2O3. The summed E-state index contributed by atoms with van der Waals surface area (Å²) in [7, 11) is 0. The summed E-state index contributed by atoms with van der Waals surface area (Å²) in [4.78, 5) is 13.0. The molecule has 3 rings (SSSR count). The highest BCUT2D eigenvalue weighted by molar-refractivity contribution is 5.80. The van der Waals surface area contributed by atoms with Crippen LogP contribution in [0.2, 0.25) is 0 Å². The fraction of sp³-hybridized carbons (Fsp3) is 0.286. The maximum atomic E-state index is 14.3. The molecule has 5 nitrogen and oxygen atoms in total. The van der Waals surface area contributed by atoms with Crippen LogP contribution in [-0.2, 0) is 9.53 Å². The van der Waals surface area contributed by atoms with E-state index >= 15 is 0 Å². The van der Waals surface area contributed by atoms with Crippen LogP contribution in [0.25, 0.3) is 0 Å². The molecule has 0 aromatic heterocycles. The molecule has 0 saturated heterocycles. The molecule has 0 bridgehead atoms. The zero-order chi connectivity index (χ0) is 24.7. The Morgan fingerprint density at radius 1 is 0.941 bits per heavy atom. The van der Waals surface area contributed by atoms with Gasteiger partial charge in [-0.25, -0.2) is 9.18 Å². The third-order valence-electron chi connectivity index (χ3n) is 5.40. The Bertz CT molecular complexity index is 1140. The fourth-order valence-electron chi connectivity index (χ4n) is 3.38. The van der Waals surface area contributed by atoms with Gasteiger partial charge in [0.2, 0.25) is 6.10 Å². The van der Waals surface area contributed by atoms with Crippen molar-refractivity contribution in [1.29, 1.82) is 5.26 Å². The molecular weight excluding hydrogens is 431 g/mol. The number of esters is 1. The number of nitrogens with one attached hydrogen (secondary N) is 1. The number of halogens is 1. The summed E-state index contributed by atoms with van der Waals surface area (Å²) in [6.45, 7) is 8.02. The Kier molecular flexibility index (Phi) is 8.26. The molecule has 2 unspecified atom stereocenters. The maximum absolute atomic E-state index is 14.3. The molecule has 0 aliphatic carbocycles. The van der Waals surface area contributed by atoms with Crippen LogP contribution in [0.4, 0.5) is 10.1 Å². The summed E-state index contributed by atoms with van der Waals surface area (Å²) in [6, 6.07) is 21.9. The normalized spacial score (nSPS) is 12.6. The first-order chi connectivity index (χ1) is 16.3. The van der Waals surface area contributed by atoms with Crippen molar-refractivity contribution in [3.63, 3.8) is 0 Å². The van der Waals surface area contributed by atoms with E-state index in [0.717, 1.165) is 5.69 Å². The average molecular weight is 461 g/mol. The molecule has 0 spiro atoms. The van der Waals surface area contributed by atoms with E-state index in [1.807, 2.05) is 50.2 Å². The second kappa shape index (κ2) is 11.3. The first-order valence-electron chi connectivity index (χ1n) is 11.3. The van der Waals surface area contributed by atoms with E-state index in [4.69, 9.17) is 9.47 Å². The van der Waals surface area contributed by atoms with Crippen LogP contribution in [0.5, 0.6) is 11.5 Å². The number of nitrogens with zero attached hydrogens (tertiary/aromatic N) is 1. The zero-order valence-electron chi connectivity index (χ0n) is 19.8. The smallest absolute Gasteiger partial charge is 0.330 e. The van der Waals surface area contributed by atoms with E-state index in [9.17, 15) is 14.4 Å². The van der Waals surface area contributed by atoms with Crippen molar-refractivity contribution in [2.75, 3.05) is 5.32 Å². The second-order valence-corrected chi connectivity index (χ2v) is 8.69. The molecule has 6 heteroatoms. The van der Waals surface area contributed by atoms with Gasteiger partial charge in [-0.3, -0.25) is 0 Å².